The number of aryl methyl sites for hydroxylation is 1. The number of rotatable bonds is 23. The third kappa shape index (κ3) is 12.7. The van der Waals surface area contributed by atoms with Gasteiger partial charge in [0, 0.05) is 26.1 Å². The van der Waals surface area contributed by atoms with Crippen molar-refractivity contribution in [2.45, 2.75) is 92.2 Å². The third-order valence-electron chi connectivity index (χ3n) is 11.3. The molecule has 6 aromatic rings. The normalized spacial score (nSPS) is 11.5. The Bertz CT molecular complexity index is 2550. The van der Waals surface area contributed by atoms with E-state index < -0.39 is 0 Å². The summed E-state index contributed by atoms with van der Waals surface area (Å²) in [6.07, 6.45) is 6.21. The fraction of sp³-hybridized carbons (Fsp3) is 0.296. The molecule has 0 spiro atoms. The average Bonchev–Trinajstić information content (AvgIpc) is 3.61. The first-order valence-corrected chi connectivity index (χ1v) is 22.3. The highest BCUT2D eigenvalue weighted by Crippen LogP contribution is 2.28. The van der Waals surface area contributed by atoms with E-state index in [1.807, 2.05) is 61.5 Å². The second kappa shape index (κ2) is 23.8. The smallest absolute Gasteiger partial charge is 0.153 e. The lowest BCUT2D eigenvalue weighted by Gasteiger charge is -2.29. The molecule has 0 saturated heterocycles. The van der Waals surface area contributed by atoms with Gasteiger partial charge in [-0.25, -0.2) is 4.98 Å². The highest BCUT2D eigenvalue weighted by molar-refractivity contribution is 6.30. The van der Waals surface area contributed by atoms with Crippen molar-refractivity contribution in [3.63, 3.8) is 0 Å². The summed E-state index contributed by atoms with van der Waals surface area (Å²) in [6.45, 7) is 14.0. The van der Waals surface area contributed by atoms with Crippen molar-refractivity contribution < 1.29 is 9.47 Å². The maximum absolute atomic E-state index is 9.63. The van der Waals surface area contributed by atoms with E-state index >= 15 is 0 Å². The topological polar surface area (TPSA) is 99.5 Å². The molecule has 0 aliphatic heterocycles. The van der Waals surface area contributed by atoms with Crippen LogP contribution in [0.5, 0.6) is 0 Å². The molecule has 0 amide bonds. The van der Waals surface area contributed by atoms with Crippen LogP contribution in [0.4, 0.5) is 0 Å². The summed E-state index contributed by atoms with van der Waals surface area (Å²) in [5, 5.41) is 19.7. The molecule has 0 aliphatic carbocycles. The SMILES string of the molecule is C=N/C(C)=C(/COCc1cccc(COCc2c(Cl)nc(CCCC)n2Cc2ccc(-c3ccccc3C#N)cc2)c1)N(CCCCC)Cc1ccc(-c2ccccc2C#N)cc1. The van der Waals surface area contributed by atoms with E-state index in [9.17, 15) is 10.5 Å². The molecule has 0 saturated carbocycles. The summed E-state index contributed by atoms with van der Waals surface area (Å²) in [5.74, 6) is 0.953. The third-order valence-corrected chi connectivity index (χ3v) is 11.6. The first-order valence-electron chi connectivity index (χ1n) is 21.9. The van der Waals surface area contributed by atoms with Crippen LogP contribution >= 0.6 is 11.6 Å². The van der Waals surface area contributed by atoms with Crippen molar-refractivity contribution in [1.82, 2.24) is 14.5 Å². The van der Waals surface area contributed by atoms with Gasteiger partial charge in [0.1, 0.15) is 5.82 Å². The van der Waals surface area contributed by atoms with Gasteiger partial charge in [-0.15, -0.1) is 0 Å². The lowest BCUT2D eigenvalue weighted by molar-refractivity contribution is 0.101. The monoisotopic (exact) mass is 856 g/mol. The van der Waals surface area contributed by atoms with Gasteiger partial charge in [-0.05, 0) is 83.1 Å². The molecule has 5 aromatic carbocycles. The van der Waals surface area contributed by atoms with Crippen LogP contribution in [0.25, 0.3) is 22.3 Å². The van der Waals surface area contributed by atoms with Gasteiger partial charge in [0.15, 0.2) is 5.15 Å². The second-order valence-corrected chi connectivity index (χ2v) is 16.1. The standard InChI is InChI=1S/C54H57ClN6O2/c1-5-7-13-30-60(34-41-22-26-45(27-23-41)49-19-11-9-17-47(49)32-56)51(40(3)58-4)38-62-36-43-15-14-16-44(31-43)37-63-39-52-54(55)59-53(21-8-6-2)61(52)35-42-24-28-46(29-25-42)50-20-12-10-18-48(50)33-57/h9-12,14-20,22-29,31H,4-8,13,21,30,34-39H2,1-3H3/b51-40-. The summed E-state index contributed by atoms with van der Waals surface area (Å²) in [7, 11) is 0. The number of ether oxygens (including phenoxy) is 2. The first kappa shape index (κ1) is 46.2. The average molecular weight is 858 g/mol. The van der Waals surface area contributed by atoms with Gasteiger partial charge in [-0.2, -0.15) is 10.5 Å². The van der Waals surface area contributed by atoms with E-state index in [2.05, 4.69) is 114 Å². The van der Waals surface area contributed by atoms with Crippen LogP contribution in [0, 0.1) is 22.7 Å². The molecule has 63 heavy (non-hydrogen) atoms. The van der Waals surface area contributed by atoms with E-state index in [0.29, 0.717) is 55.8 Å². The van der Waals surface area contributed by atoms with Gasteiger partial charge >= 0.3 is 0 Å². The molecule has 8 nitrogen and oxygen atoms in total. The summed E-state index contributed by atoms with van der Waals surface area (Å²) < 4.78 is 15.0. The molecular formula is C54H57ClN6O2. The number of halogens is 1. The molecule has 0 atom stereocenters. The van der Waals surface area contributed by atoms with E-state index in [4.69, 9.17) is 26.1 Å². The molecule has 0 bridgehead atoms. The minimum Gasteiger partial charge on any atom is -0.371 e. The van der Waals surface area contributed by atoms with Crippen molar-refractivity contribution >= 4 is 18.3 Å². The zero-order chi connectivity index (χ0) is 44.4. The number of aliphatic imine (C=N–C) groups is 1. The molecule has 0 radical (unpaired) electrons. The molecule has 9 heteroatoms. The fourth-order valence-electron chi connectivity index (χ4n) is 7.72. The quantitative estimate of drug-likeness (QED) is 0.0470. The van der Waals surface area contributed by atoms with Crippen LogP contribution in [0.3, 0.4) is 0 Å². The second-order valence-electron chi connectivity index (χ2n) is 15.8. The summed E-state index contributed by atoms with van der Waals surface area (Å²) >= 11 is 6.81. The Labute approximate surface area is 378 Å². The van der Waals surface area contributed by atoms with Crippen LogP contribution < -0.4 is 0 Å². The van der Waals surface area contributed by atoms with Gasteiger partial charge < -0.3 is 18.9 Å². The maximum atomic E-state index is 9.63. The number of nitriles is 2. The van der Waals surface area contributed by atoms with Crippen molar-refractivity contribution in [1.29, 1.82) is 10.5 Å². The van der Waals surface area contributed by atoms with Crippen LogP contribution in [-0.4, -0.2) is 34.3 Å². The Balaban J connectivity index is 1.09. The molecule has 0 aliphatic rings. The van der Waals surface area contributed by atoms with Crippen molar-refractivity contribution in [2.24, 2.45) is 4.99 Å². The Morgan fingerprint density at radius 2 is 1.30 bits per heavy atom. The largest absolute Gasteiger partial charge is 0.371 e. The number of hydrogen-bond donors (Lipinski definition) is 0. The number of allylic oxidation sites excluding steroid dienone is 1. The van der Waals surface area contributed by atoms with Crippen molar-refractivity contribution in [3.05, 3.63) is 183 Å². The van der Waals surface area contributed by atoms with Gasteiger partial charge in [0.25, 0.3) is 0 Å². The van der Waals surface area contributed by atoms with Gasteiger partial charge in [0.05, 0.1) is 66.8 Å². The lowest BCUT2D eigenvalue weighted by Crippen LogP contribution is -2.27. The van der Waals surface area contributed by atoms with Crippen LogP contribution in [0.2, 0.25) is 5.15 Å². The Morgan fingerprint density at radius 1 is 0.714 bits per heavy atom. The Morgan fingerprint density at radius 3 is 1.89 bits per heavy atom. The Hall–Kier alpha value is -6.29. The number of unbranched alkanes of at least 4 members (excludes halogenated alkanes) is 3. The summed E-state index contributed by atoms with van der Waals surface area (Å²) in [6, 6.07) is 45.1. The fourth-order valence-corrected chi connectivity index (χ4v) is 7.97. The molecule has 322 valence electrons. The van der Waals surface area contributed by atoms with Crippen molar-refractivity contribution in [2.75, 3.05) is 13.2 Å². The van der Waals surface area contributed by atoms with Gasteiger partial charge in [-0.1, -0.05) is 154 Å². The van der Waals surface area contributed by atoms with E-state index in [0.717, 1.165) is 107 Å². The zero-order valence-corrected chi connectivity index (χ0v) is 37.6. The van der Waals surface area contributed by atoms with Crippen molar-refractivity contribution in [3.8, 4) is 34.4 Å². The summed E-state index contributed by atoms with van der Waals surface area (Å²) in [4.78, 5) is 11.5. The molecule has 1 aromatic heterocycles. The van der Waals surface area contributed by atoms with E-state index in [1.54, 1.807) is 0 Å². The molecule has 0 N–H and O–H groups in total. The lowest BCUT2D eigenvalue weighted by atomic mass is 9.99. The predicted octanol–water partition coefficient (Wildman–Crippen LogP) is 12.9. The zero-order valence-electron chi connectivity index (χ0n) is 36.8. The number of benzene rings is 5. The highest BCUT2D eigenvalue weighted by atomic mass is 35.5. The molecule has 1 heterocycles. The molecule has 6 rings (SSSR count). The highest BCUT2D eigenvalue weighted by Gasteiger charge is 2.18. The molecule has 0 unspecified atom stereocenters. The van der Waals surface area contributed by atoms with Crippen LogP contribution in [-0.2, 0) is 48.8 Å². The number of nitrogens with zero attached hydrogens (tertiary/aromatic N) is 6. The maximum Gasteiger partial charge on any atom is 0.153 e. The van der Waals surface area contributed by atoms with Gasteiger partial charge in [-0.3, -0.25) is 4.99 Å². The number of aromatic nitrogens is 2. The first-order chi connectivity index (χ1) is 30.8. The Kier molecular flexibility index (Phi) is 17.5. The number of imidazole rings is 1. The minimum atomic E-state index is 0.318. The van der Waals surface area contributed by atoms with Crippen LogP contribution in [0.1, 0.15) is 97.8 Å². The molecule has 0 fully saturated rings. The van der Waals surface area contributed by atoms with E-state index in [1.165, 1.54) is 5.56 Å². The number of hydrogen-bond acceptors (Lipinski definition) is 7. The minimum absolute atomic E-state index is 0.318. The summed E-state index contributed by atoms with van der Waals surface area (Å²) in [5.41, 5.74) is 12.3. The van der Waals surface area contributed by atoms with Gasteiger partial charge in [0.2, 0.25) is 0 Å². The molecular weight excluding hydrogens is 800 g/mol. The van der Waals surface area contributed by atoms with Crippen LogP contribution in [0.15, 0.2) is 138 Å². The predicted molar refractivity (Wildman–Crippen MR) is 255 cm³/mol. The van der Waals surface area contributed by atoms with E-state index in [-0.39, 0.29) is 0 Å².